The Balaban J connectivity index is 1.63. The molecule has 2 aliphatic rings. The van der Waals surface area contributed by atoms with Crippen molar-refractivity contribution in [2.24, 2.45) is 0 Å². The van der Waals surface area contributed by atoms with Crippen LogP contribution in [0.3, 0.4) is 0 Å². The molecule has 0 spiro atoms. The molecule has 0 bridgehead atoms. The van der Waals surface area contributed by atoms with Gasteiger partial charge in [0.05, 0.1) is 28.7 Å². The molecule has 0 unspecified atom stereocenters. The first-order valence-corrected chi connectivity index (χ1v) is 11.7. The highest BCUT2D eigenvalue weighted by molar-refractivity contribution is 7.91. The minimum Gasteiger partial charge on any atom is -0.334 e. The highest BCUT2D eigenvalue weighted by atomic mass is 35.5. The maximum Gasteiger partial charge on any atom is 0.261 e. The monoisotopic (exact) mass is 423 g/mol. The number of benzene rings is 1. The topological polar surface area (TPSA) is 89.3 Å². The molecule has 1 aliphatic heterocycles. The van der Waals surface area contributed by atoms with Gasteiger partial charge in [0.2, 0.25) is 5.91 Å². The van der Waals surface area contributed by atoms with Crippen LogP contribution in [0, 0.1) is 0 Å². The van der Waals surface area contributed by atoms with Crippen LogP contribution in [-0.2, 0) is 21.2 Å². The van der Waals surface area contributed by atoms with E-state index in [-0.39, 0.29) is 41.6 Å². The van der Waals surface area contributed by atoms with Gasteiger partial charge in [-0.25, -0.2) is 13.4 Å². The standard InChI is InChI=1S/C19H22ClN3O4S/c20-13-5-6-17-16(9-13)19(25)22(12-21-17)10-18(24)23(14-3-1-2-4-14)15-7-8-28(26,27)11-15/h5-6,9,12,14-15H,1-4,7-8,10-11H2/t15-/m0/s1. The lowest BCUT2D eigenvalue weighted by atomic mass is 10.1. The molecule has 1 aromatic heterocycles. The second kappa shape index (κ2) is 7.48. The van der Waals surface area contributed by atoms with Gasteiger partial charge in [0.15, 0.2) is 9.84 Å². The van der Waals surface area contributed by atoms with Crippen molar-refractivity contribution >= 4 is 38.2 Å². The second-order valence-corrected chi connectivity index (χ2v) is 10.3. The Morgan fingerprint density at radius 1 is 1.21 bits per heavy atom. The molecule has 1 atom stereocenters. The molecule has 1 saturated carbocycles. The maximum absolute atomic E-state index is 13.2. The van der Waals surface area contributed by atoms with Crippen LogP contribution in [0.1, 0.15) is 32.1 Å². The Bertz CT molecular complexity index is 1080. The maximum atomic E-state index is 13.2. The molecule has 0 N–H and O–H groups in total. The van der Waals surface area contributed by atoms with E-state index in [2.05, 4.69) is 4.98 Å². The van der Waals surface area contributed by atoms with E-state index in [1.54, 1.807) is 23.1 Å². The van der Waals surface area contributed by atoms with Gasteiger partial charge < -0.3 is 4.90 Å². The van der Waals surface area contributed by atoms with Crippen molar-refractivity contribution in [1.82, 2.24) is 14.5 Å². The normalized spacial score (nSPS) is 22.0. The lowest BCUT2D eigenvalue weighted by Gasteiger charge is -2.34. The van der Waals surface area contributed by atoms with Crippen molar-refractivity contribution < 1.29 is 13.2 Å². The fraction of sp³-hybridized carbons (Fsp3) is 0.526. The average Bonchev–Trinajstić information content (AvgIpc) is 3.28. The SMILES string of the molecule is O=C(Cn1cnc2ccc(Cl)cc2c1=O)N(C1CCCC1)[C@H]1CCS(=O)(=O)C1. The third kappa shape index (κ3) is 3.80. The van der Waals surface area contributed by atoms with Gasteiger partial charge in [0.25, 0.3) is 5.56 Å². The largest absolute Gasteiger partial charge is 0.334 e. The number of sulfone groups is 1. The molecule has 28 heavy (non-hydrogen) atoms. The minimum atomic E-state index is -3.11. The van der Waals surface area contributed by atoms with Crippen LogP contribution in [0.4, 0.5) is 0 Å². The van der Waals surface area contributed by atoms with E-state index >= 15 is 0 Å². The van der Waals surface area contributed by atoms with Crippen molar-refractivity contribution in [1.29, 1.82) is 0 Å². The molecule has 150 valence electrons. The Kier molecular flexibility index (Phi) is 5.18. The number of fused-ring (bicyclic) bond motifs is 1. The summed E-state index contributed by atoms with van der Waals surface area (Å²) < 4.78 is 25.2. The molecule has 1 saturated heterocycles. The molecule has 2 heterocycles. The Morgan fingerprint density at radius 3 is 2.64 bits per heavy atom. The molecule has 1 amide bonds. The lowest BCUT2D eigenvalue weighted by Crippen LogP contribution is -2.49. The van der Waals surface area contributed by atoms with Crippen LogP contribution in [0.5, 0.6) is 0 Å². The number of nitrogens with zero attached hydrogens (tertiary/aromatic N) is 3. The van der Waals surface area contributed by atoms with E-state index in [1.807, 2.05) is 0 Å². The van der Waals surface area contributed by atoms with Crippen molar-refractivity contribution in [3.8, 4) is 0 Å². The average molecular weight is 424 g/mol. The number of hydrogen-bond donors (Lipinski definition) is 0. The molecule has 7 nitrogen and oxygen atoms in total. The molecule has 1 aromatic carbocycles. The summed E-state index contributed by atoms with van der Waals surface area (Å²) in [5, 5.41) is 0.790. The Labute approximate surface area is 168 Å². The van der Waals surface area contributed by atoms with E-state index in [0.717, 1.165) is 25.7 Å². The smallest absolute Gasteiger partial charge is 0.261 e. The number of carbonyl (C=O) groups excluding carboxylic acids is 1. The summed E-state index contributed by atoms with van der Waals surface area (Å²) in [6.45, 7) is -0.151. The fourth-order valence-electron chi connectivity index (χ4n) is 4.35. The summed E-state index contributed by atoms with van der Waals surface area (Å²) in [7, 11) is -3.11. The van der Waals surface area contributed by atoms with E-state index in [9.17, 15) is 18.0 Å². The van der Waals surface area contributed by atoms with E-state index in [0.29, 0.717) is 22.3 Å². The number of aromatic nitrogens is 2. The van der Waals surface area contributed by atoms with Gasteiger partial charge in [0, 0.05) is 17.1 Å². The fourth-order valence-corrected chi connectivity index (χ4v) is 6.24. The van der Waals surface area contributed by atoms with Gasteiger partial charge in [0.1, 0.15) is 6.54 Å². The zero-order valence-electron chi connectivity index (χ0n) is 15.4. The van der Waals surface area contributed by atoms with Crippen molar-refractivity contribution in [3.63, 3.8) is 0 Å². The van der Waals surface area contributed by atoms with Gasteiger partial charge in [-0.05, 0) is 37.5 Å². The third-order valence-corrected chi connectivity index (χ3v) is 7.68. The summed E-state index contributed by atoms with van der Waals surface area (Å²) in [5.74, 6) is -0.0980. The predicted molar refractivity (Wildman–Crippen MR) is 107 cm³/mol. The van der Waals surface area contributed by atoms with Gasteiger partial charge in [-0.2, -0.15) is 0 Å². The van der Waals surface area contributed by atoms with Crippen molar-refractivity contribution in [2.45, 2.75) is 50.7 Å². The lowest BCUT2D eigenvalue weighted by molar-refractivity contribution is -0.136. The Hall–Kier alpha value is -1.93. The van der Waals surface area contributed by atoms with Gasteiger partial charge in [-0.15, -0.1) is 0 Å². The first kappa shape index (κ1) is 19.4. The van der Waals surface area contributed by atoms with Crippen LogP contribution in [0.2, 0.25) is 5.02 Å². The van der Waals surface area contributed by atoms with E-state index in [4.69, 9.17) is 11.6 Å². The summed E-state index contributed by atoms with van der Waals surface area (Å²) >= 11 is 5.99. The second-order valence-electron chi connectivity index (χ2n) is 7.64. The molecular formula is C19H22ClN3O4S. The molecule has 0 radical (unpaired) electrons. The first-order chi connectivity index (χ1) is 13.3. The predicted octanol–water partition coefficient (Wildman–Crippen LogP) is 2.01. The number of hydrogen-bond acceptors (Lipinski definition) is 5. The number of rotatable bonds is 4. The molecule has 9 heteroatoms. The van der Waals surface area contributed by atoms with Gasteiger partial charge >= 0.3 is 0 Å². The molecule has 2 aromatic rings. The van der Waals surface area contributed by atoms with Crippen LogP contribution < -0.4 is 5.56 Å². The summed E-state index contributed by atoms with van der Waals surface area (Å²) in [6.07, 6.45) is 5.65. The van der Waals surface area contributed by atoms with Gasteiger partial charge in [-0.1, -0.05) is 24.4 Å². The molecular weight excluding hydrogens is 402 g/mol. The summed E-state index contributed by atoms with van der Waals surface area (Å²) in [4.78, 5) is 31.9. The van der Waals surface area contributed by atoms with Gasteiger partial charge in [-0.3, -0.25) is 14.2 Å². The third-order valence-electron chi connectivity index (χ3n) is 5.70. The van der Waals surface area contributed by atoms with E-state index < -0.39 is 9.84 Å². The summed E-state index contributed by atoms with van der Waals surface area (Å²) in [5.41, 5.74) is 0.193. The van der Waals surface area contributed by atoms with Crippen molar-refractivity contribution in [3.05, 3.63) is 39.9 Å². The van der Waals surface area contributed by atoms with Crippen LogP contribution in [-0.4, -0.2) is 52.4 Å². The number of amides is 1. The van der Waals surface area contributed by atoms with Crippen molar-refractivity contribution in [2.75, 3.05) is 11.5 Å². The van der Waals surface area contributed by atoms with E-state index in [1.165, 1.54) is 10.9 Å². The number of carbonyl (C=O) groups is 1. The first-order valence-electron chi connectivity index (χ1n) is 9.50. The molecule has 1 aliphatic carbocycles. The van der Waals surface area contributed by atoms with Crippen LogP contribution in [0.15, 0.2) is 29.3 Å². The molecule has 4 rings (SSSR count). The minimum absolute atomic E-state index is 0.00964. The number of halogens is 1. The quantitative estimate of drug-likeness (QED) is 0.750. The highest BCUT2D eigenvalue weighted by Crippen LogP contribution is 2.29. The van der Waals surface area contributed by atoms with Crippen LogP contribution in [0.25, 0.3) is 10.9 Å². The zero-order valence-corrected chi connectivity index (χ0v) is 17.0. The zero-order chi connectivity index (χ0) is 19.9. The Morgan fingerprint density at radius 2 is 1.96 bits per heavy atom. The summed E-state index contributed by atoms with van der Waals surface area (Å²) in [6, 6.07) is 4.61. The highest BCUT2D eigenvalue weighted by Gasteiger charge is 2.39. The molecule has 2 fully saturated rings. The van der Waals surface area contributed by atoms with Crippen LogP contribution >= 0.6 is 11.6 Å².